The van der Waals surface area contributed by atoms with E-state index in [1.165, 1.54) is 11.3 Å². The van der Waals surface area contributed by atoms with Crippen LogP contribution in [0.15, 0.2) is 12.1 Å². The molecule has 1 amide bonds. The van der Waals surface area contributed by atoms with Crippen LogP contribution in [0.5, 0.6) is 0 Å². The van der Waals surface area contributed by atoms with Crippen molar-refractivity contribution in [3.05, 3.63) is 21.9 Å². The van der Waals surface area contributed by atoms with Gasteiger partial charge in [0.25, 0.3) is 5.91 Å². The summed E-state index contributed by atoms with van der Waals surface area (Å²) in [6.07, 6.45) is 2.10. The van der Waals surface area contributed by atoms with Gasteiger partial charge >= 0.3 is 5.97 Å². The largest absolute Gasteiger partial charge is 0.451 e. The van der Waals surface area contributed by atoms with Crippen LogP contribution in [0, 0.1) is 6.92 Å². The highest BCUT2D eigenvalue weighted by Crippen LogP contribution is 2.15. The molecule has 1 aliphatic rings. The Bertz CT molecular complexity index is 451. The highest BCUT2D eigenvalue weighted by Gasteiger charge is 2.17. The van der Waals surface area contributed by atoms with Gasteiger partial charge in [-0.1, -0.05) is 0 Å². The lowest BCUT2D eigenvalue weighted by molar-refractivity contribution is -0.124. The van der Waals surface area contributed by atoms with Gasteiger partial charge in [-0.2, -0.15) is 0 Å². The van der Waals surface area contributed by atoms with E-state index in [0.717, 1.165) is 24.3 Å². The van der Waals surface area contributed by atoms with Gasteiger partial charge in [0, 0.05) is 18.0 Å². The van der Waals surface area contributed by atoms with Crippen molar-refractivity contribution in [2.24, 2.45) is 0 Å². The van der Waals surface area contributed by atoms with E-state index in [2.05, 4.69) is 5.32 Å². The zero-order valence-electron chi connectivity index (χ0n) is 10.8. The number of carbonyl (C=O) groups is 2. The number of hydrogen-bond donors (Lipinski definition) is 1. The number of nitrogens with one attached hydrogen (secondary N) is 1. The minimum atomic E-state index is -0.453. The molecule has 104 valence electrons. The Morgan fingerprint density at radius 2 is 2.37 bits per heavy atom. The molecule has 0 spiro atoms. The van der Waals surface area contributed by atoms with Crippen molar-refractivity contribution in [3.8, 4) is 0 Å². The summed E-state index contributed by atoms with van der Waals surface area (Å²) in [5.41, 5.74) is 0. The van der Waals surface area contributed by atoms with Gasteiger partial charge in [-0.05, 0) is 31.9 Å². The average molecular weight is 283 g/mol. The monoisotopic (exact) mass is 283 g/mol. The van der Waals surface area contributed by atoms with Gasteiger partial charge in [0.1, 0.15) is 4.88 Å². The van der Waals surface area contributed by atoms with Crippen molar-refractivity contribution in [2.45, 2.75) is 25.9 Å². The number of esters is 1. The summed E-state index contributed by atoms with van der Waals surface area (Å²) in [5, 5.41) is 2.70. The van der Waals surface area contributed by atoms with Crippen molar-refractivity contribution in [3.63, 3.8) is 0 Å². The summed E-state index contributed by atoms with van der Waals surface area (Å²) < 4.78 is 10.3. The smallest absolute Gasteiger partial charge is 0.348 e. The van der Waals surface area contributed by atoms with Crippen LogP contribution in [0.4, 0.5) is 0 Å². The van der Waals surface area contributed by atoms with Gasteiger partial charge in [-0.25, -0.2) is 4.79 Å². The maximum atomic E-state index is 11.6. The Balaban J connectivity index is 1.66. The molecule has 0 aliphatic carbocycles. The van der Waals surface area contributed by atoms with Crippen molar-refractivity contribution in [1.29, 1.82) is 0 Å². The van der Waals surface area contributed by atoms with E-state index in [1.807, 2.05) is 13.0 Å². The molecule has 0 saturated carbocycles. The van der Waals surface area contributed by atoms with Gasteiger partial charge in [-0.3, -0.25) is 4.79 Å². The van der Waals surface area contributed by atoms with E-state index in [1.54, 1.807) is 6.07 Å². The Hall–Kier alpha value is -1.40. The predicted octanol–water partition coefficient (Wildman–Crippen LogP) is 1.51. The second-order valence-electron chi connectivity index (χ2n) is 4.43. The standard InChI is InChI=1S/C13H17NO4S/c1-9-4-5-11(19-9)13(16)18-8-12(15)14-7-10-3-2-6-17-10/h4-5,10H,2-3,6-8H2,1H3,(H,14,15). The van der Waals surface area contributed by atoms with Crippen molar-refractivity contribution in [1.82, 2.24) is 5.32 Å². The van der Waals surface area contributed by atoms with Crippen molar-refractivity contribution in [2.75, 3.05) is 19.8 Å². The van der Waals surface area contributed by atoms with Crippen LogP contribution in [-0.4, -0.2) is 37.7 Å². The molecular formula is C13H17NO4S. The number of aryl methyl sites for hydroxylation is 1. The molecule has 5 nitrogen and oxygen atoms in total. The maximum Gasteiger partial charge on any atom is 0.348 e. The quantitative estimate of drug-likeness (QED) is 0.832. The van der Waals surface area contributed by atoms with E-state index in [-0.39, 0.29) is 18.6 Å². The normalized spacial score (nSPS) is 18.3. The summed E-state index contributed by atoms with van der Waals surface area (Å²) in [6.45, 7) is 2.90. The van der Waals surface area contributed by atoms with Crippen LogP contribution < -0.4 is 5.32 Å². The van der Waals surface area contributed by atoms with Crippen LogP contribution in [0.3, 0.4) is 0 Å². The van der Waals surface area contributed by atoms with Crippen LogP contribution >= 0.6 is 11.3 Å². The summed E-state index contributed by atoms with van der Waals surface area (Å²) in [6, 6.07) is 3.55. The molecular weight excluding hydrogens is 266 g/mol. The van der Waals surface area contributed by atoms with Gasteiger partial charge in [0.05, 0.1) is 6.10 Å². The summed E-state index contributed by atoms with van der Waals surface area (Å²) in [7, 11) is 0. The fourth-order valence-electron chi connectivity index (χ4n) is 1.83. The molecule has 0 aromatic carbocycles. The molecule has 19 heavy (non-hydrogen) atoms. The van der Waals surface area contributed by atoms with Gasteiger partial charge in [0.15, 0.2) is 6.61 Å². The lowest BCUT2D eigenvalue weighted by atomic mass is 10.2. The SMILES string of the molecule is Cc1ccc(C(=O)OCC(=O)NCC2CCCO2)s1. The number of rotatable bonds is 5. The first-order chi connectivity index (χ1) is 9.15. The van der Waals surface area contributed by atoms with Crippen LogP contribution in [0.1, 0.15) is 27.4 Å². The first-order valence-corrected chi connectivity index (χ1v) is 7.08. The Morgan fingerprint density at radius 3 is 3.00 bits per heavy atom. The molecule has 2 heterocycles. The number of ether oxygens (including phenoxy) is 2. The molecule has 0 radical (unpaired) electrons. The highest BCUT2D eigenvalue weighted by atomic mass is 32.1. The number of amides is 1. The van der Waals surface area contributed by atoms with E-state index < -0.39 is 5.97 Å². The zero-order chi connectivity index (χ0) is 13.7. The molecule has 2 rings (SSSR count). The fraction of sp³-hybridized carbons (Fsp3) is 0.538. The second kappa shape index (κ2) is 6.68. The van der Waals surface area contributed by atoms with E-state index in [9.17, 15) is 9.59 Å². The first kappa shape index (κ1) is 14.0. The van der Waals surface area contributed by atoms with Gasteiger partial charge in [0.2, 0.25) is 0 Å². The number of carbonyl (C=O) groups excluding carboxylic acids is 2. The molecule has 1 aliphatic heterocycles. The third-order valence-corrected chi connectivity index (χ3v) is 3.81. The Kier molecular flexibility index (Phi) is 4.93. The third kappa shape index (κ3) is 4.33. The molecule has 1 atom stereocenters. The fourth-order valence-corrected chi connectivity index (χ4v) is 2.59. The molecule has 1 aromatic rings. The second-order valence-corrected chi connectivity index (χ2v) is 5.71. The maximum absolute atomic E-state index is 11.6. The van der Waals surface area contributed by atoms with Crippen molar-refractivity contribution < 1.29 is 19.1 Å². The molecule has 6 heteroatoms. The van der Waals surface area contributed by atoms with Crippen LogP contribution in [-0.2, 0) is 14.3 Å². The lowest BCUT2D eigenvalue weighted by Crippen LogP contribution is -2.34. The van der Waals surface area contributed by atoms with Gasteiger partial charge in [-0.15, -0.1) is 11.3 Å². The summed E-state index contributed by atoms with van der Waals surface area (Å²) >= 11 is 1.36. The molecule has 1 fully saturated rings. The Labute approximate surface area is 115 Å². The summed E-state index contributed by atoms with van der Waals surface area (Å²) in [4.78, 5) is 24.7. The first-order valence-electron chi connectivity index (χ1n) is 6.27. The number of hydrogen-bond acceptors (Lipinski definition) is 5. The molecule has 1 saturated heterocycles. The molecule has 0 bridgehead atoms. The van der Waals surface area contributed by atoms with Crippen molar-refractivity contribution >= 4 is 23.2 Å². The number of thiophene rings is 1. The van der Waals surface area contributed by atoms with Crippen LogP contribution in [0.25, 0.3) is 0 Å². The zero-order valence-corrected chi connectivity index (χ0v) is 11.6. The lowest BCUT2D eigenvalue weighted by Gasteiger charge is -2.10. The topological polar surface area (TPSA) is 64.6 Å². The highest BCUT2D eigenvalue weighted by molar-refractivity contribution is 7.13. The van der Waals surface area contributed by atoms with Gasteiger partial charge < -0.3 is 14.8 Å². The Morgan fingerprint density at radius 1 is 1.53 bits per heavy atom. The third-order valence-electron chi connectivity index (χ3n) is 2.83. The molecule has 1 unspecified atom stereocenters. The molecule has 1 N–H and O–H groups in total. The van der Waals surface area contributed by atoms with Crippen LogP contribution in [0.2, 0.25) is 0 Å². The van der Waals surface area contributed by atoms with E-state index >= 15 is 0 Å². The predicted molar refractivity (Wildman–Crippen MR) is 71.3 cm³/mol. The minimum absolute atomic E-state index is 0.0968. The molecule has 1 aromatic heterocycles. The van der Waals surface area contributed by atoms with E-state index in [0.29, 0.717) is 11.4 Å². The average Bonchev–Trinajstić information content (AvgIpc) is 3.04. The summed E-state index contributed by atoms with van der Waals surface area (Å²) in [5.74, 6) is -0.748. The minimum Gasteiger partial charge on any atom is -0.451 e. The van der Waals surface area contributed by atoms with E-state index in [4.69, 9.17) is 9.47 Å².